The van der Waals surface area contributed by atoms with Crippen LogP contribution in [0.4, 0.5) is 5.82 Å². The van der Waals surface area contributed by atoms with Crippen molar-refractivity contribution in [3.63, 3.8) is 0 Å². The highest BCUT2D eigenvalue weighted by atomic mass is 79.9. The number of aromatic nitrogens is 1. The first-order valence-corrected chi connectivity index (χ1v) is 5.52. The monoisotopic (exact) mass is 254 g/mol. The Morgan fingerprint density at radius 2 is 2.21 bits per heavy atom. The smallest absolute Gasteiger partial charge is 0.142 e. The summed E-state index contributed by atoms with van der Waals surface area (Å²) < 4.78 is 6.31. The molecule has 2 fully saturated rings. The van der Waals surface area contributed by atoms with E-state index in [1.165, 1.54) is 0 Å². The van der Waals surface area contributed by atoms with Crippen molar-refractivity contribution in [1.82, 2.24) is 4.98 Å². The summed E-state index contributed by atoms with van der Waals surface area (Å²) in [7, 11) is 0. The van der Waals surface area contributed by atoms with Crippen LogP contribution in [-0.4, -0.2) is 31.3 Å². The lowest BCUT2D eigenvalue weighted by Crippen LogP contribution is -2.66. The number of ether oxygens (including phenoxy) is 1. The number of hydrogen-bond acceptors (Lipinski definition) is 3. The first-order valence-electron chi connectivity index (χ1n) is 4.72. The zero-order valence-electron chi connectivity index (χ0n) is 7.74. The van der Waals surface area contributed by atoms with Gasteiger partial charge in [0.1, 0.15) is 5.82 Å². The van der Waals surface area contributed by atoms with E-state index >= 15 is 0 Å². The fourth-order valence-electron chi connectivity index (χ4n) is 2.10. The van der Waals surface area contributed by atoms with E-state index in [9.17, 15) is 0 Å². The molecular weight excluding hydrogens is 244 g/mol. The molecule has 0 bridgehead atoms. The maximum absolute atomic E-state index is 5.24. The third-order valence-electron chi connectivity index (χ3n) is 2.91. The topological polar surface area (TPSA) is 25.4 Å². The summed E-state index contributed by atoms with van der Waals surface area (Å²) in [6, 6.07) is 3.97. The molecule has 0 aromatic carbocycles. The Morgan fingerprint density at radius 3 is 2.79 bits per heavy atom. The minimum atomic E-state index is 0.455. The van der Waals surface area contributed by atoms with Crippen LogP contribution in [0.2, 0.25) is 0 Å². The normalized spacial score (nSPS) is 23.1. The number of halogens is 1. The van der Waals surface area contributed by atoms with Gasteiger partial charge in [-0.1, -0.05) is 0 Å². The Hall–Kier alpha value is -0.610. The zero-order chi connectivity index (χ0) is 9.60. The predicted molar refractivity (Wildman–Crippen MR) is 57.4 cm³/mol. The summed E-state index contributed by atoms with van der Waals surface area (Å²) in [5.41, 5.74) is 0.455. The van der Waals surface area contributed by atoms with Gasteiger partial charge in [-0.15, -0.1) is 0 Å². The highest BCUT2D eigenvalue weighted by molar-refractivity contribution is 9.10. The van der Waals surface area contributed by atoms with Gasteiger partial charge in [-0.2, -0.15) is 0 Å². The van der Waals surface area contributed by atoms with Crippen LogP contribution in [0.15, 0.2) is 22.8 Å². The Kier molecular flexibility index (Phi) is 1.82. The number of nitrogens with zero attached hydrogens (tertiary/aromatic N) is 2. The maximum atomic E-state index is 5.24. The van der Waals surface area contributed by atoms with Crippen LogP contribution in [0.1, 0.15) is 0 Å². The second-order valence-electron chi connectivity index (χ2n) is 4.16. The van der Waals surface area contributed by atoms with Crippen molar-refractivity contribution in [1.29, 1.82) is 0 Å². The van der Waals surface area contributed by atoms with Crippen molar-refractivity contribution < 1.29 is 4.74 Å². The van der Waals surface area contributed by atoms with Crippen LogP contribution in [0.25, 0.3) is 0 Å². The minimum Gasteiger partial charge on any atom is -0.380 e. The molecule has 0 saturated carbocycles. The molecule has 0 amide bonds. The van der Waals surface area contributed by atoms with E-state index in [0.717, 1.165) is 36.6 Å². The van der Waals surface area contributed by atoms with Gasteiger partial charge in [-0.25, -0.2) is 4.98 Å². The Labute approximate surface area is 91.2 Å². The number of rotatable bonds is 1. The Morgan fingerprint density at radius 1 is 1.43 bits per heavy atom. The van der Waals surface area contributed by atoms with Crippen molar-refractivity contribution in [3.8, 4) is 0 Å². The fourth-order valence-corrected chi connectivity index (χ4v) is 2.60. The molecule has 1 aromatic rings. The lowest BCUT2D eigenvalue weighted by molar-refractivity contribution is -0.127. The summed E-state index contributed by atoms with van der Waals surface area (Å²) in [5, 5.41) is 0. The van der Waals surface area contributed by atoms with Crippen LogP contribution < -0.4 is 4.90 Å². The molecule has 74 valence electrons. The van der Waals surface area contributed by atoms with Gasteiger partial charge in [0.05, 0.1) is 23.1 Å². The van der Waals surface area contributed by atoms with E-state index in [2.05, 4.69) is 25.8 Å². The van der Waals surface area contributed by atoms with E-state index in [0.29, 0.717) is 5.41 Å². The lowest BCUT2D eigenvalue weighted by Gasteiger charge is -2.55. The minimum absolute atomic E-state index is 0.455. The Bertz CT molecular complexity index is 357. The molecule has 3 nitrogen and oxygen atoms in total. The summed E-state index contributed by atoms with van der Waals surface area (Å²) in [6.07, 6.45) is 1.84. The first-order chi connectivity index (χ1) is 6.79. The van der Waals surface area contributed by atoms with E-state index in [-0.39, 0.29) is 0 Å². The molecule has 0 radical (unpaired) electrons. The van der Waals surface area contributed by atoms with Crippen LogP contribution in [0.5, 0.6) is 0 Å². The standard InChI is InChI=1S/C10H11BrN2O/c11-8-2-1-3-12-9(8)13-4-10(5-13)6-14-7-10/h1-3H,4-7H2. The van der Waals surface area contributed by atoms with Gasteiger partial charge >= 0.3 is 0 Å². The lowest BCUT2D eigenvalue weighted by atomic mass is 9.78. The van der Waals surface area contributed by atoms with Crippen molar-refractivity contribution in [2.24, 2.45) is 5.41 Å². The van der Waals surface area contributed by atoms with Crippen LogP contribution in [-0.2, 0) is 4.74 Å². The number of hydrogen-bond donors (Lipinski definition) is 0. The van der Waals surface area contributed by atoms with Gasteiger partial charge in [-0.05, 0) is 28.1 Å². The molecule has 3 heterocycles. The first kappa shape index (κ1) is 8.68. The maximum Gasteiger partial charge on any atom is 0.142 e. The molecule has 1 spiro atoms. The average molecular weight is 255 g/mol. The van der Waals surface area contributed by atoms with E-state index in [4.69, 9.17) is 4.74 Å². The molecule has 2 aliphatic heterocycles. The van der Waals surface area contributed by atoms with Crippen molar-refractivity contribution in [2.45, 2.75) is 0 Å². The van der Waals surface area contributed by atoms with Gasteiger partial charge in [0.15, 0.2) is 0 Å². The fraction of sp³-hybridized carbons (Fsp3) is 0.500. The van der Waals surface area contributed by atoms with Crippen LogP contribution in [0.3, 0.4) is 0 Å². The summed E-state index contributed by atoms with van der Waals surface area (Å²) in [6.45, 7) is 4.02. The largest absolute Gasteiger partial charge is 0.380 e. The summed E-state index contributed by atoms with van der Waals surface area (Å²) >= 11 is 3.51. The molecule has 14 heavy (non-hydrogen) atoms. The van der Waals surface area contributed by atoms with Crippen molar-refractivity contribution >= 4 is 21.7 Å². The molecule has 1 aromatic heterocycles. The SMILES string of the molecule is Brc1cccnc1N1CC2(COC2)C1. The molecule has 3 rings (SSSR count). The van der Waals surface area contributed by atoms with Gasteiger partial charge in [0.2, 0.25) is 0 Å². The van der Waals surface area contributed by atoms with Crippen molar-refractivity contribution in [2.75, 3.05) is 31.2 Å². The second-order valence-corrected chi connectivity index (χ2v) is 5.01. The average Bonchev–Trinajstić information content (AvgIpc) is 2.03. The third kappa shape index (κ3) is 1.17. The second kappa shape index (κ2) is 2.94. The van der Waals surface area contributed by atoms with E-state index in [1.807, 2.05) is 18.3 Å². The van der Waals surface area contributed by atoms with E-state index < -0.39 is 0 Å². The quantitative estimate of drug-likeness (QED) is 0.763. The summed E-state index contributed by atoms with van der Waals surface area (Å²) in [4.78, 5) is 6.66. The molecule has 2 aliphatic rings. The molecule has 2 saturated heterocycles. The van der Waals surface area contributed by atoms with Gasteiger partial charge in [-0.3, -0.25) is 0 Å². The zero-order valence-corrected chi connectivity index (χ0v) is 9.33. The van der Waals surface area contributed by atoms with Crippen molar-refractivity contribution in [3.05, 3.63) is 22.8 Å². The molecule has 0 aliphatic carbocycles. The van der Waals surface area contributed by atoms with Crippen LogP contribution >= 0.6 is 15.9 Å². The molecule has 0 atom stereocenters. The van der Waals surface area contributed by atoms with Gasteiger partial charge in [0.25, 0.3) is 0 Å². The molecule has 4 heteroatoms. The third-order valence-corrected chi connectivity index (χ3v) is 3.53. The highest BCUT2D eigenvalue weighted by Crippen LogP contribution is 2.41. The molecular formula is C10H11BrN2O. The number of anilines is 1. The number of pyridine rings is 1. The predicted octanol–water partition coefficient (Wildman–Crippen LogP) is 1.68. The van der Waals surface area contributed by atoms with Gasteiger partial charge in [0, 0.05) is 19.3 Å². The summed E-state index contributed by atoms with van der Waals surface area (Å²) in [5.74, 6) is 1.06. The highest BCUT2D eigenvalue weighted by Gasteiger charge is 2.49. The van der Waals surface area contributed by atoms with Crippen LogP contribution in [0, 0.1) is 5.41 Å². The van der Waals surface area contributed by atoms with E-state index in [1.54, 1.807) is 0 Å². The Balaban J connectivity index is 1.76. The molecule has 0 N–H and O–H groups in total. The molecule has 0 unspecified atom stereocenters. The van der Waals surface area contributed by atoms with Gasteiger partial charge < -0.3 is 9.64 Å².